The third kappa shape index (κ3) is 1.18. The Morgan fingerprint density at radius 3 is 2.92 bits per heavy atom. The van der Waals surface area contributed by atoms with Crippen LogP contribution in [0.25, 0.3) is 11.1 Å². The van der Waals surface area contributed by atoms with Gasteiger partial charge in [0.25, 0.3) is 0 Å². The molecule has 1 aromatic carbocycles. The van der Waals surface area contributed by atoms with E-state index in [4.69, 9.17) is 4.42 Å². The summed E-state index contributed by atoms with van der Waals surface area (Å²) in [7, 11) is 0. The molecule has 0 saturated heterocycles. The standard InChI is InChI=1S/C10H8BrNO/c11-7-2-1-3-8-9(7)13-10(12-8)6-4-5-6/h1-3,6H,4-5H2. The fourth-order valence-electron chi connectivity index (χ4n) is 1.44. The summed E-state index contributed by atoms with van der Waals surface area (Å²) in [4.78, 5) is 4.44. The number of rotatable bonds is 1. The lowest BCUT2D eigenvalue weighted by molar-refractivity contribution is 0.532. The van der Waals surface area contributed by atoms with Gasteiger partial charge in [0.2, 0.25) is 0 Å². The van der Waals surface area contributed by atoms with Crippen LogP contribution in [0, 0.1) is 0 Å². The SMILES string of the molecule is Brc1cccc2nc(C3CC3)oc12. The number of hydrogen-bond donors (Lipinski definition) is 0. The van der Waals surface area contributed by atoms with Crippen molar-refractivity contribution in [1.82, 2.24) is 4.98 Å². The van der Waals surface area contributed by atoms with Gasteiger partial charge in [-0.25, -0.2) is 4.98 Å². The minimum Gasteiger partial charge on any atom is -0.439 e. The Morgan fingerprint density at radius 1 is 1.38 bits per heavy atom. The average Bonchev–Trinajstić information content (AvgIpc) is 2.87. The zero-order valence-electron chi connectivity index (χ0n) is 6.96. The maximum Gasteiger partial charge on any atom is 0.198 e. The van der Waals surface area contributed by atoms with Crippen LogP contribution in [0.2, 0.25) is 0 Å². The maximum atomic E-state index is 5.66. The Kier molecular flexibility index (Phi) is 1.50. The normalized spacial score (nSPS) is 16.7. The second-order valence-corrected chi connectivity index (χ2v) is 4.27. The fourth-order valence-corrected chi connectivity index (χ4v) is 1.87. The highest BCUT2D eigenvalue weighted by Crippen LogP contribution is 2.41. The molecule has 0 bridgehead atoms. The maximum absolute atomic E-state index is 5.66. The van der Waals surface area contributed by atoms with E-state index in [1.54, 1.807) is 0 Å². The van der Waals surface area contributed by atoms with E-state index in [2.05, 4.69) is 20.9 Å². The van der Waals surface area contributed by atoms with E-state index in [-0.39, 0.29) is 0 Å². The van der Waals surface area contributed by atoms with Crippen molar-refractivity contribution in [2.75, 3.05) is 0 Å². The molecule has 0 aliphatic heterocycles. The summed E-state index contributed by atoms with van der Waals surface area (Å²) in [5, 5.41) is 0. The van der Waals surface area contributed by atoms with Gasteiger partial charge in [-0.05, 0) is 40.9 Å². The van der Waals surface area contributed by atoms with Gasteiger partial charge in [-0.2, -0.15) is 0 Å². The molecule has 3 heteroatoms. The molecule has 1 heterocycles. The Bertz CT molecular complexity index is 459. The van der Waals surface area contributed by atoms with E-state index in [1.165, 1.54) is 12.8 Å². The van der Waals surface area contributed by atoms with Crippen LogP contribution in [0.1, 0.15) is 24.7 Å². The zero-order valence-corrected chi connectivity index (χ0v) is 8.54. The van der Waals surface area contributed by atoms with Crippen molar-refractivity contribution >= 4 is 27.0 Å². The molecule has 0 N–H and O–H groups in total. The van der Waals surface area contributed by atoms with E-state index < -0.39 is 0 Å². The van der Waals surface area contributed by atoms with Crippen LogP contribution in [0.5, 0.6) is 0 Å². The molecule has 1 aliphatic rings. The number of halogens is 1. The molecular formula is C10H8BrNO. The van der Waals surface area contributed by atoms with Gasteiger partial charge in [-0.1, -0.05) is 6.07 Å². The largest absolute Gasteiger partial charge is 0.439 e. The summed E-state index contributed by atoms with van der Waals surface area (Å²) >= 11 is 3.45. The molecule has 2 nitrogen and oxygen atoms in total. The van der Waals surface area contributed by atoms with Crippen molar-refractivity contribution < 1.29 is 4.42 Å². The summed E-state index contributed by atoms with van der Waals surface area (Å²) in [5.41, 5.74) is 1.83. The van der Waals surface area contributed by atoms with Gasteiger partial charge in [0, 0.05) is 5.92 Å². The van der Waals surface area contributed by atoms with Crippen molar-refractivity contribution in [3.8, 4) is 0 Å². The molecule has 0 unspecified atom stereocenters. The van der Waals surface area contributed by atoms with Crippen LogP contribution in [-0.4, -0.2) is 4.98 Å². The first-order chi connectivity index (χ1) is 6.34. The van der Waals surface area contributed by atoms with Gasteiger partial charge < -0.3 is 4.42 Å². The van der Waals surface area contributed by atoms with Crippen LogP contribution >= 0.6 is 15.9 Å². The second kappa shape index (κ2) is 2.58. The first-order valence-corrected chi connectivity index (χ1v) is 5.19. The topological polar surface area (TPSA) is 26.0 Å². The molecule has 1 saturated carbocycles. The first-order valence-electron chi connectivity index (χ1n) is 4.39. The predicted molar refractivity (Wildman–Crippen MR) is 53.7 cm³/mol. The van der Waals surface area contributed by atoms with E-state index in [9.17, 15) is 0 Å². The van der Waals surface area contributed by atoms with Crippen molar-refractivity contribution in [2.45, 2.75) is 18.8 Å². The number of oxazole rings is 1. The van der Waals surface area contributed by atoms with Gasteiger partial charge in [0.15, 0.2) is 11.5 Å². The van der Waals surface area contributed by atoms with E-state index >= 15 is 0 Å². The monoisotopic (exact) mass is 237 g/mol. The number of nitrogens with zero attached hydrogens (tertiary/aromatic N) is 1. The lowest BCUT2D eigenvalue weighted by atomic mass is 10.3. The van der Waals surface area contributed by atoms with Crippen molar-refractivity contribution in [1.29, 1.82) is 0 Å². The van der Waals surface area contributed by atoms with Gasteiger partial charge in [-0.15, -0.1) is 0 Å². The summed E-state index contributed by atoms with van der Waals surface area (Å²) in [6.07, 6.45) is 2.45. The van der Waals surface area contributed by atoms with Crippen LogP contribution in [-0.2, 0) is 0 Å². The first kappa shape index (κ1) is 7.56. The third-order valence-corrected chi connectivity index (χ3v) is 2.93. The van der Waals surface area contributed by atoms with Crippen LogP contribution in [0.4, 0.5) is 0 Å². The smallest absolute Gasteiger partial charge is 0.198 e. The zero-order chi connectivity index (χ0) is 8.84. The van der Waals surface area contributed by atoms with Gasteiger partial charge in [0.1, 0.15) is 5.52 Å². The molecule has 0 spiro atoms. The highest BCUT2D eigenvalue weighted by molar-refractivity contribution is 9.10. The minimum atomic E-state index is 0.583. The van der Waals surface area contributed by atoms with Gasteiger partial charge in [0.05, 0.1) is 4.47 Å². The Morgan fingerprint density at radius 2 is 2.23 bits per heavy atom. The molecule has 66 valence electrons. The van der Waals surface area contributed by atoms with Gasteiger partial charge >= 0.3 is 0 Å². The van der Waals surface area contributed by atoms with Crippen LogP contribution < -0.4 is 0 Å². The fraction of sp³-hybridized carbons (Fsp3) is 0.300. The lowest BCUT2D eigenvalue weighted by Gasteiger charge is -1.88. The van der Waals surface area contributed by atoms with Crippen LogP contribution in [0.15, 0.2) is 27.1 Å². The molecule has 1 aromatic heterocycles. The molecular weight excluding hydrogens is 230 g/mol. The highest BCUT2D eigenvalue weighted by atomic mass is 79.9. The third-order valence-electron chi connectivity index (χ3n) is 2.31. The Labute approximate surface area is 84.1 Å². The lowest BCUT2D eigenvalue weighted by Crippen LogP contribution is -1.74. The molecule has 2 aromatic rings. The molecule has 1 fully saturated rings. The summed E-state index contributed by atoms with van der Waals surface area (Å²) in [6, 6.07) is 5.94. The predicted octanol–water partition coefficient (Wildman–Crippen LogP) is 3.47. The summed E-state index contributed by atoms with van der Waals surface area (Å²) < 4.78 is 6.65. The number of fused-ring (bicyclic) bond motifs is 1. The number of hydrogen-bond acceptors (Lipinski definition) is 2. The number of para-hydroxylation sites is 1. The van der Waals surface area contributed by atoms with E-state index in [1.807, 2.05) is 18.2 Å². The highest BCUT2D eigenvalue weighted by Gasteiger charge is 2.29. The average molecular weight is 238 g/mol. The molecule has 1 aliphatic carbocycles. The summed E-state index contributed by atoms with van der Waals surface area (Å²) in [5.74, 6) is 1.49. The Hall–Kier alpha value is -0.830. The van der Waals surface area contributed by atoms with Crippen molar-refractivity contribution in [2.24, 2.45) is 0 Å². The quantitative estimate of drug-likeness (QED) is 0.760. The molecule has 0 radical (unpaired) electrons. The van der Waals surface area contributed by atoms with E-state index in [0.717, 1.165) is 21.5 Å². The molecule has 0 atom stereocenters. The molecule has 0 amide bonds. The van der Waals surface area contributed by atoms with Crippen molar-refractivity contribution in [3.05, 3.63) is 28.6 Å². The Balaban J connectivity index is 2.26. The molecule has 3 rings (SSSR count). The van der Waals surface area contributed by atoms with Crippen molar-refractivity contribution in [3.63, 3.8) is 0 Å². The van der Waals surface area contributed by atoms with E-state index in [0.29, 0.717) is 5.92 Å². The molecule has 13 heavy (non-hydrogen) atoms. The number of benzene rings is 1. The number of aromatic nitrogens is 1. The second-order valence-electron chi connectivity index (χ2n) is 3.41. The van der Waals surface area contributed by atoms with Gasteiger partial charge in [-0.3, -0.25) is 0 Å². The van der Waals surface area contributed by atoms with Crippen LogP contribution in [0.3, 0.4) is 0 Å². The summed E-state index contributed by atoms with van der Waals surface area (Å²) in [6.45, 7) is 0. The minimum absolute atomic E-state index is 0.583.